The van der Waals surface area contributed by atoms with E-state index in [-0.39, 0.29) is 5.56 Å². The third kappa shape index (κ3) is 1.62. The van der Waals surface area contributed by atoms with E-state index in [9.17, 15) is 8.78 Å². The molecule has 0 saturated carbocycles. The summed E-state index contributed by atoms with van der Waals surface area (Å²) >= 11 is 0. The number of hydrogen-bond acceptors (Lipinski definition) is 0. The van der Waals surface area contributed by atoms with Gasteiger partial charge in [-0.3, -0.25) is 0 Å². The van der Waals surface area contributed by atoms with Crippen molar-refractivity contribution in [1.82, 2.24) is 4.98 Å². The van der Waals surface area contributed by atoms with Crippen molar-refractivity contribution in [1.29, 1.82) is 0 Å². The molecule has 1 heterocycles. The van der Waals surface area contributed by atoms with Gasteiger partial charge in [-0.05, 0) is 19.1 Å². The third-order valence-electron chi connectivity index (χ3n) is 1.97. The molecule has 0 aliphatic heterocycles. The zero-order chi connectivity index (χ0) is 10.7. The zero-order valence-corrected chi connectivity index (χ0v) is 8.49. The fourth-order valence-electron chi connectivity index (χ4n) is 1.23. The van der Waals surface area contributed by atoms with Gasteiger partial charge in [0, 0.05) is 17.1 Å². The molecule has 0 fully saturated rings. The van der Waals surface area contributed by atoms with E-state index in [0.29, 0.717) is 10.9 Å². The Hall–Kier alpha value is -1.38. The number of benzene rings is 1. The Morgan fingerprint density at radius 1 is 1.21 bits per heavy atom. The van der Waals surface area contributed by atoms with Crippen LogP contribution >= 0.6 is 0 Å². The van der Waals surface area contributed by atoms with Crippen molar-refractivity contribution in [2.24, 2.45) is 0 Å². The molecule has 0 aliphatic carbocycles. The van der Waals surface area contributed by atoms with Crippen LogP contribution in [0.2, 0.25) is 0 Å². The highest BCUT2D eigenvalue weighted by Gasteiger charge is 2.09. The van der Waals surface area contributed by atoms with E-state index in [1.807, 2.05) is 13.8 Å². The number of fused-ring (bicyclic) bond motifs is 1. The SMILES string of the molecule is CC.Cc1c(F)cc2[nH]ccc2c1F. The summed E-state index contributed by atoms with van der Waals surface area (Å²) in [5.74, 6) is -0.992. The highest BCUT2D eigenvalue weighted by atomic mass is 19.1. The molecule has 2 aromatic rings. The molecule has 0 amide bonds. The van der Waals surface area contributed by atoms with Gasteiger partial charge in [0.25, 0.3) is 0 Å². The summed E-state index contributed by atoms with van der Waals surface area (Å²) in [5.41, 5.74) is 0.567. The van der Waals surface area contributed by atoms with Crippen LogP contribution in [0.3, 0.4) is 0 Å². The maximum atomic E-state index is 13.2. The van der Waals surface area contributed by atoms with Crippen LogP contribution in [0.25, 0.3) is 10.9 Å². The molecule has 76 valence electrons. The first-order chi connectivity index (χ1) is 6.70. The molecule has 1 aromatic heterocycles. The fraction of sp³-hybridized carbons (Fsp3) is 0.273. The maximum Gasteiger partial charge on any atom is 0.138 e. The molecule has 1 aromatic carbocycles. The lowest BCUT2D eigenvalue weighted by molar-refractivity contribution is 0.577. The summed E-state index contributed by atoms with van der Waals surface area (Å²) in [6, 6.07) is 2.89. The molecule has 0 bridgehead atoms. The second kappa shape index (κ2) is 4.22. The van der Waals surface area contributed by atoms with Crippen molar-refractivity contribution in [2.75, 3.05) is 0 Å². The first-order valence-corrected chi connectivity index (χ1v) is 4.62. The van der Waals surface area contributed by atoms with Crippen molar-refractivity contribution >= 4 is 10.9 Å². The summed E-state index contributed by atoms with van der Waals surface area (Å²) in [4.78, 5) is 2.75. The number of aromatic nitrogens is 1. The lowest BCUT2D eigenvalue weighted by atomic mass is 10.1. The molecule has 14 heavy (non-hydrogen) atoms. The molecule has 0 unspecified atom stereocenters. The van der Waals surface area contributed by atoms with Crippen molar-refractivity contribution in [2.45, 2.75) is 20.8 Å². The van der Waals surface area contributed by atoms with Gasteiger partial charge in [0.2, 0.25) is 0 Å². The molecule has 0 radical (unpaired) electrons. The van der Waals surface area contributed by atoms with Crippen LogP contribution in [-0.4, -0.2) is 4.98 Å². The lowest BCUT2D eigenvalue weighted by Gasteiger charge is -1.99. The molecule has 0 aliphatic rings. The average Bonchev–Trinajstić information content (AvgIpc) is 2.65. The molecule has 1 nitrogen and oxygen atoms in total. The van der Waals surface area contributed by atoms with Crippen molar-refractivity contribution < 1.29 is 8.78 Å². The number of H-pyrrole nitrogens is 1. The third-order valence-corrected chi connectivity index (χ3v) is 1.97. The van der Waals surface area contributed by atoms with Crippen LogP contribution < -0.4 is 0 Å². The van der Waals surface area contributed by atoms with Gasteiger partial charge in [-0.2, -0.15) is 0 Å². The topological polar surface area (TPSA) is 15.8 Å². The van der Waals surface area contributed by atoms with Crippen LogP contribution in [-0.2, 0) is 0 Å². The monoisotopic (exact) mass is 197 g/mol. The summed E-state index contributed by atoms with van der Waals surface area (Å²) in [7, 11) is 0. The number of rotatable bonds is 0. The van der Waals surface area contributed by atoms with Crippen LogP contribution in [0, 0.1) is 18.6 Å². The first kappa shape index (κ1) is 10.7. The van der Waals surface area contributed by atoms with E-state index >= 15 is 0 Å². The smallest absolute Gasteiger partial charge is 0.138 e. The standard InChI is InChI=1S/C9H7F2N.C2H6/c1-5-7(10)4-8-6(9(5)11)2-3-12-8;1-2/h2-4,12H,1H3;1-2H3. The first-order valence-electron chi connectivity index (χ1n) is 4.62. The minimum absolute atomic E-state index is 0.0714. The van der Waals surface area contributed by atoms with Gasteiger partial charge in [-0.25, -0.2) is 8.78 Å². The van der Waals surface area contributed by atoms with Crippen molar-refractivity contribution in [3.8, 4) is 0 Å². The Labute approximate surface area is 81.8 Å². The minimum Gasteiger partial charge on any atom is -0.361 e. The van der Waals surface area contributed by atoms with E-state index in [1.54, 1.807) is 12.3 Å². The van der Waals surface area contributed by atoms with Gasteiger partial charge in [-0.1, -0.05) is 13.8 Å². The molecule has 0 atom stereocenters. The average molecular weight is 197 g/mol. The quantitative estimate of drug-likeness (QED) is 0.661. The second-order valence-corrected chi connectivity index (χ2v) is 2.74. The van der Waals surface area contributed by atoms with Crippen molar-refractivity contribution in [3.05, 3.63) is 35.5 Å². The Kier molecular flexibility index (Phi) is 3.23. The molecule has 0 spiro atoms. The molecular formula is C11H13F2N. The van der Waals surface area contributed by atoms with E-state index in [2.05, 4.69) is 4.98 Å². The molecular weight excluding hydrogens is 184 g/mol. The van der Waals surface area contributed by atoms with Gasteiger partial charge in [0.05, 0.1) is 5.52 Å². The fourth-order valence-corrected chi connectivity index (χ4v) is 1.23. The zero-order valence-electron chi connectivity index (χ0n) is 8.49. The van der Waals surface area contributed by atoms with Gasteiger partial charge in [0.1, 0.15) is 11.6 Å². The van der Waals surface area contributed by atoms with Gasteiger partial charge in [0.15, 0.2) is 0 Å². The Balaban J connectivity index is 0.000000461. The number of aromatic amines is 1. The number of halogens is 2. The van der Waals surface area contributed by atoms with Crippen LogP contribution in [0.4, 0.5) is 8.78 Å². The van der Waals surface area contributed by atoms with Crippen LogP contribution in [0.15, 0.2) is 18.3 Å². The van der Waals surface area contributed by atoms with E-state index in [4.69, 9.17) is 0 Å². The van der Waals surface area contributed by atoms with Gasteiger partial charge in [-0.15, -0.1) is 0 Å². The summed E-state index contributed by atoms with van der Waals surface area (Å²) in [6.07, 6.45) is 1.59. The van der Waals surface area contributed by atoms with E-state index in [0.717, 1.165) is 0 Å². The number of hydrogen-bond donors (Lipinski definition) is 1. The molecule has 2 rings (SSSR count). The normalized spacial score (nSPS) is 9.79. The summed E-state index contributed by atoms with van der Waals surface area (Å²) in [6.45, 7) is 5.43. The predicted molar refractivity (Wildman–Crippen MR) is 54.3 cm³/mol. The Morgan fingerprint density at radius 2 is 1.86 bits per heavy atom. The lowest BCUT2D eigenvalue weighted by Crippen LogP contribution is -1.88. The van der Waals surface area contributed by atoms with Crippen molar-refractivity contribution in [3.63, 3.8) is 0 Å². The molecule has 3 heteroatoms. The summed E-state index contributed by atoms with van der Waals surface area (Å²) < 4.78 is 26.2. The Bertz CT molecular complexity index is 432. The highest BCUT2D eigenvalue weighted by molar-refractivity contribution is 5.80. The molecule has 1 N–H and O–H groups in total. The predicted octanol–water partition coefficient (Wildman–Crippen LogP) is 3.78. The number of nitrogens with one attached hydrogen (secondary N) is 1. The van der Waals surface area contributed by atoms with Crippen LogP contribution in [0.1, 0.15) is 19.4 Å². The van der Waals surface area contributed by atoms with E-state index < -0.39 is 11.6 Å². The molecule has 0 saturated heterocycles. The summed E-state index contributed by atoms with van der Waals surface area (Å²) in [5, 5.41) is 0.439. The maximum absolute atomic E-state index is 13.2. The largest absolute Gasteiger partial charge is 0.361 e. The second-order valence-electron chi connectivity index (χ2n) is 2.74. The van der Waals surface area contributed by atoms with Gasteiger partial charge < -0.3 is 4.98 Å². The minimum atomic E-state index is -0.512. The van der Waals surface area contributed by atoms with E-state index in [1.165, 1.54) is 13.0 Å². The Morgan fingerprint density at radius 3 is 2.50 bits per heavy atom. The van der Waals surface area contributed by atoms with Crippen LogP contribution in [0.5, 0.6) is 0 Å². The highest BCUT2D eigenvalue weighted by Crippen LogP contribution is 2.21. The van der Waals surface area contributed by atoms with Gasteiger partial charge >= 0.3 is 0 Å².